The third kappa shape index (κ3) is 4.39. The summed E-state index contributed by atoms with van der Waals surface area (Å²) < 4.78 is 0. The van der Waals surface area contributed by atoms with Crippen LogP contribution in [0.25, 0.3) is 0 Å². The molecule has 0 aliphatic carbocycles. The summed E-state index contributed by atoms with van der Waals surface area (Å²) in [6, 6.07) is 0. The summed E-state index contributed by atoms with van der Waals surface area (Å²) >= 11 is 0. The maximum Gasteiger partial charge on any atom is 0.0640 e. The van der Waals surface area contributed by atoms with E-state index in [1.54, 1.807) is 0 Å². The zero-order valence-electron chi connectivity index (χ0n) is 7.05. The van der Waals surface area contributed by atoms with Gasteiger partial charge in [-0.2, -0.15) is 0 Å². The van der Waals surface area contributed by atoms with Gasteiger partial charge in [0.1, 0.15) is 0 Å². The van der Waals surface area contributed by atoms with Crippen LogP contribution in [0.4, 0.5) is 0 Å². The van der Waals surface area contributed by atoms with Gasteiger partial charge in [0.25, 0.3) is 0 Å². The lowest BCUT2D eigenvalue weighted by molar-refractivity contribution is 0.0146. The van der Waals surface area contributed by atoms with Gasteiger partial charge in [-0.1, -0.05) is 0 Å². The van der Waals surface area contributed by atoms with E-state index >= 15 is 0 Å². The molecule has 0 saturated heterocycles. The largest absolute Gasteiger partial charge is 0.296 e. The van der Waals surface area contributed by atoms with Gasteiger partial charge in [-0.25, -0.2) is 10.0 Å². The fourth-order valence-electron chi connectivity index (χ4n) is 0.536. The number of hydrazine groups is 1. The van der Waals surface area contributed by atoms with Gasteiger partial charge in [0.2, 0.25) is 0 Å². The number of hydrogen-bond donors (Lipinski definition) is 0. The Morgan fingerprint density at radius 1 is 0.889 bits per heavy atom. The first-order valence-electron chi connectivity index (χ1n) is 3.07. The molecular formula is C6H17N3. The van der Waals surface area contributed by atoms with Crippen LogP contribution in [0.5, 0.6) is 0 Å². The molecule has 0 N–H and O–H groups in total. The van der Waals surface area contributed by atoms with Crippen LogP contribution in [-0.2, 0) is 0 Å². The van der Waals surface area contributed by atoms with Gasteiger partial charge in [-0.3, -0.25) is 4.90 Å². The third-order valence-electron chi connectivity index (χ3n) is 1.17. The summed E-state index contributed by atoms with van der Waals surface area (Å²) in [5.74, 6) is 0. The summed E-state index contributed by atoms with van der Waals surface area (Å²) in [5, 5.41) is 4.18. The lowest BCUT2D eigenvalue weighted by atomic mass is 10.8. The lowest BCUT2D eigenvalue weighted by Crippen LogP contribution is -2.39. The highest BCUT2D eigenvalue weighted by molar-refractivity contribution is 4.38. The second kappa shape index (κ2) is 3.82. The quantitative estimate of drug-likeness (QED) is 0.391. The maximum absolute atomic E-state index is 2.12. The van der Waals surface area contributed by atoms with E-state index in [9.17, 15) is 0 Å². The van der Waals surface area contributed by atoms with Gasteiger partial charge in [0.05, 0.1) is 6.67 Å². The Morgan fingerprint density at radius 2 is 1.33 bits per heavy atom. The average molecular weight is 131 g/mol. The molecule has 0 amide bonds. The van der Waals surface area contributed by atoms with E-state index < -0.39 is 0 Å². The Bertz CT molecular complexity index is 70.7. The van der Waals surface area contributed by atoms with Gasteiger partial charge in [-0.05, 0) is 14.1 Å². The molecule has 0 fully saturated rings. The second-order valence-corrected chi connectivity index (χ2v) is 2.73. The van der Waals surface area contributed by atoms with E-state index in [0.717, 1.165) is 6.67 Å². The zero-order chi connectivity index (χ0) is 7.44. The lowest BCUT2D eigenvalue weighted by Gasteiger charge is -2.26. The minimum absolute atomic E-state index is 0.965. The van der Waals surface area contributed by atoms with Gasteiger partial charge < -0.3 is 0 Å². The van der Waals surface area contributed by atoms with E-state index in [4.69, 9.17) is 0 Å². The van der Waals surface area contributed by atoms with Crippen LogP contribution >= 0.6 is 0 Å². The van der Waals surface area contributed by atoms with Crippen molar-refractivity contribution >= 4 is 0 Å². The molecule has 0 heterocycles. The molecule has 9 heavy (non-hydrogen) atoms. The van der Waals surface area contributed by atoms with Crippen molar-refractivity contribution in [2.75, 3.05) is 41.9 Å². The van der Waals surface area contributed by atoms with Crippen molar-refractivity contribution in [2.45, 2.75) is 0 Å². The summed E-state index contributed by atoms with van der Waals surface area (Å²) in [6.45, 7) is 0.965. The van der Waals surface area contributed by atoms with E-state index in [0.29, 0.717) is 0 Å². The highest BCUT2D eigenvalue weighted by Crippen LogP contribution is 1.85. The van der Waals surface area contributed by atoms with E-state index in [1.807, 2.05) is 14.1 Å². The fourth-order valence-corrected chi connectivity index (χ4v) is 0.536. The topological polar surface area (TPSA) is 9.72 Å². The van der Waals surface area contributed by atoms with Gasteiger partial charge >= 0.3 is 0 Å². The van der Waals surface area contributed by atoms with Gasteiger partial charge in [-0.15, -0.1) is 0 Å². The van der Waals surface area contributed by atoms with Crippen LogP contribution in [0, 0.1) is 0 Å². The Labute approximate surface area is 57.8 Å². The first-order chi connectivity index (χ1) is 4.04. The van der Waals surface area contributed by atoms with E-state index in [-0.39, 0.29) is 0 Å². The molecule has 0 unspecified atom stereocenters. The summed E-state index contributed by atoms with van der Waals surface area (Å²) in [7, 11) is 10.2. The molecule has 0 aromatic rings. The highest BCUT2D eigenvalue weighted by Gasteiger charge is 1.99. The van der Waals surface area contributed by atoms with E-state index in [1.165, 1.54) is 0 Å². The second-order valence-electron chi connectivity index (χ2n) is 2.73. The standard InChI is InChI=1S/C6H17N3/c1-7(2)6-9(5)8(3)4/h6H2,1-5H3. The predicted molar refractivity (Wildman–Crippen MR) is 40.0 cm³/mol. The van der Waals surface area contributed by atoms with Crippen LogP contribution in [0.2, 0.25) is 0 Å². The van der Waals surface area contributed by atoms with Crippen molar-refractivity contribution in [2.24, 2.45) is 0 Å². The Morgan fingerprint density at radius 3 is 1.44 bits per heavy atom. The maximum atomic E-state index is 2.12. The summed E-state index contributed by atoms with van der Waals surface area (Å²) in [5.41, 5.74) is 0. The van der Waals surface area contributed by atoms with E-state index in [2.05, 4.69) is 36.1 Å². The zero-order valence-corrected chi connectivity index (χ0v) is 7.05. The molecule has 0 aliphatic heterocycles. The fraction of sp³-hybridized carbons (Fsp3) is 1.00. The van der Waals surface area contributed by atoms with Crippen LogP contribution in [0.15, 0.2) is 0 Å². The highest BCUT2D eigenvalue weighted by atomic mass is 15.6. The molecule has 0 atom stereocenters. The number of rotatable bonds is 3. The van der Waals surface area contributed by atoms with Crippen molar-refractivity contribution in [3.63, 3.8) is 0 Å². The number of nitrogens with zero attached hydrogens (tertiary/aromatic N) is 3. The molecule has 0 saturated carbocycles. The monoisotopic (exact) mass is 131 g/mol. The SMILES string of the molecule is CN(C)CN(C)N(C)C. The molecule has 0 spiro atoms. The summed E-state index contributed by atoms with van der Waals surface area (Å²) in [4.78, 5) is 2.12. The molecule has 0 rings (SSSR count). The van der Waals surface area contributed by atoms with Crippen molar-refractivity contribution < 1.29 is 0 Å². The molecule has 56 valence electrons. The van der Waals surface area contributed by atoms with Crippen molar-refractivity contribution in [3.05, 3.63) is 0 Å². The first-order valence-corrected chi connectivity index (χ1v) is 3.07. The smallest absolute Gasteiger partial charge is 0.0640 e. The van der Waals surface area contributed by atoms with Gasteiger partial charge in [0.15, 0.2) is 0 Å². The van der Waals surface area contributed by atoms with Crippen molar-refractivity contribution in [1.82, 2.24) is 14.9 Å². The molecule has 0 aliphatic rings. The minimum atomic E-state index is 0.965. The van der Waals surface area contributed by atoms with Crippen LogP contribution < -0.4 is 0 Å². The molecule has 0 radical (unpaired) electrons. The molecule has 0 aromatic carbocycles. The van der Waals surface area contributed by atoms with Crippen LogP contribution in [-0.4, -0.2) is 56.8 Å². The Kier molecular flexibility index (Phi) is 3.77. The molecular weight excluding hydrogens is 114 g/mol. The average Bonchev–Trinajstić information content (AvgIpc) is 1.63. The normalized spacial score (nSPS) is 12.0. The predicted octanol–water partition coefficient (Wildman–Crippen LogP) is -0.0861. The van der Waals surface area contributed by atoms with Crippen LogP contribution in [0.1, 0.15) is 0 Å². The molecule has 3 heteroatoms. The van der Waals surface area contributed by atoms with Crippen molar-refractivity contribution in [3.8, 4) is 0 Å². The first kappa shape index (κ1) is 8.88. The molecule has 3 nitrogen and oxygen atoms in total. The summed E-state index contributed by atoms with van der Waals surface area (Å²) in [6.07, 6.45) is 0. The Hall–Kier alpha value is -0.120. The Balaban J connectivity index is 3.38. The number of hydrogen-bond acceptors (Lipinski definition) is 3. The van der Waals surface area contributed by atoms with Gasteiger partial charge in [0, 0.05) is 21.1 Å². The van der Waals surface area contributed by atoms with Crippen molar-refractivity contribution in [1.29, 1.82) is 0 Å². The van der Waals surface area contributed by atoms with Crippen LogP contribution in [0.3, 0.4) is 0 Å². The molecule has 0 aromatic heterocycles. The third-order valence-corrected chi connectivity index (χ3v) is 1.17. The molecule has 0 bridgehead atoms. The minimum Gasteiger partial charge on any atom is -0.296 e.